The zero-order chi connectivity index (χ0) is 25.5. The molecule has 3 heterocycles. The Hall–Kier alpha value is -3.67. The van der Waals surface area contributed by atoms with Crippen molar-refractivity contribution in [1.29, 1.82) is 0 Å². The number of rotatable bonds is 10. The minimum Gasteiger partial charge on any atom is -0.396 e. The Morgan fingerprint density at radius 1 is 1.28 bits per heavy atom. The molecule has 0 radical (unpaired) electrons. The summed E-state index contributed by atoms with van der Waals surface area (Å²) in [5, 5.41) is 14.9. The standard InChI is InChI=1S/C25H29FN6O4/c1-3-10-27-23(34)25(2)14-35-22(36-15-25)21-31-19(16-5-7-17(26)8-6-16)20(32-21)18-9-12-29-24(30-18)28-11-4-13-33/h3,5-9,12,22,33H,1,4,10-11,13-15H2,2H3,(H,27,34)(H,31,32)(H,28,29,30). The fraction of sp³-hybridized carbons (Fsp3) is 0.360. The van der Waals surface area contributed by atoms with Crippen LogP contribution in [0.25, 0.3) is 22.6 Å². The Bertz CT molecular complexity index is 1190. The Balaban J connectivity index is 1.61. The van der Waals surface area contributed by atoms with E-state index in [1.807, 2.05) is 0 Å². The van der Waals surface area contributed by atoms with Crippen molar-refractivity contribution >= 4 is 11.9 Å². The van der Waals surface area contributed by atoms with E-state index in [9.17, 15) is 9.18 Å². The molecule has 0 bridgehead atoms. The van der Waals surface area contributed by atoms with Gasteiger partial charge in [-0.3, -0.25) is 4.79 Å². The predicted octanol–water partition coefficient (Wildman–Crippen LogP) is 2.82. The first-order valence-electron chi connectivity index (χ1n) is 11.6. The minimum atomic E-state index is -0.851. The number of nitrogens with zero attached hydrogens (tertiary/aromatic N) is 3. The number of benzene rings is 1. The molecule has 36 heavy (non-hydrogen) atoms. The molecule has 0 aliphatic carbocycles. The summed E-state index contributed by atoms with van der Waals surface area (Å²) in [6.07, 6.45) is 2.95. The monoisotopic (exact) mass is 496 g/mol. The molecule has 0 unspecified atom stereocenters. The number of aliphatic hydroxyl groups is 1. The molecule has 11 heteroatoms. The van der Waals surface area contributed by atoms with Gasteiger partial charge in [0.1, 0.15) is 5.82 Å². The van der Waals surface area contributed by atoms with Gasteiger partial charge in [-0.2, -0.15) is 0 Å². The number of hydrogen-bond acceptors (Lipinski definition) is 8. The Labute approximate surface area is 208 Å². The Kier molecular flexibility index (Phi) is 8.04. The number of carbonyl (C=O) groups excluding carboxylic acids is 1. The minimum absolute atomic E-state index is 0.0572. The van der Waals surface area contributed by atoms with Gasteiger partial charge in [-0.25, -0.2) is 19.3 Å². The lowest BCUT2D eigenvalue weighted by Gasteiger charge is -2.35. The highest BCUT2D eigenvalue weighted by atomic mass is 19.1. The topological polar surface area (TPSA) is 134 Å². The van der Waals surface area contributed by atoms with E-state index in [4.69, 9.17) is 19.6 Å². The number of nitrogens with one attached hydrogen (secondary N) is 3. The van der Waals surface area contributed by atoms with Gasteiger partial charge in [-0.15, -0.1) is 6.58 Å². The molecule has 1 amide bonds. The van der Waals surface area contributed by atoms with Gasteiger partial charge < -0.3 is 30.2 Å². The molecule has 3 aromatic rings. The summed E-state index contributed by atoms with van der Waals surface area (Å²) >= 11 is 0. The summed E-state index contributed by atoms with van der Waals surface area (Å²) in [5.74, 6) is 0.247. The smallest absolute Gasteiger partial charge is 0.230 e. The molecule has 4 rings (SSSR count). The molecule has 4 N–H and O–H groups in total. The second-order valence-corrected chi connectivity index (χ2v) is 8.64. The lowest BCUT2D eigenvalue weighted by molar-refractivity contribution is -0.230. The van der Waals surface area contributed by atoms with Crippen LogP contribution in [-0.4, -0.2) is 63.9 Å². The first-order chi connectivity index (χ1) is 17.4. The van der Waals surface area contributed by atoms with Crippen LogP contribution >= 0.6 is 0 Å². The number of aromatic nitrogens is 4. The quantitative estimate of drug-likeness (QED) is 0.249. The summed E-state index contributed by atoms with van der Waals surface area (Å²) in [5.41, 5.74) is 1.49. The number of carbonyl (C=O) groups is 1. The Morgan fingerprint density at radius 3 is 2.72 bits per heavy atom. The Morgan fingerprint density at radius 2 is 2.03 bits per heavy atom. The number of aromatic amines is 1. The number of halogens is 1. The van der Waals surface area contributed by atoms with Crippen LogP contribution in [0.3, 0.4) is 0 Å². The van der Waals surface area contributed by atoms with Crippen molar-refractivity contribution in [1.82, 2.24) is 25.3 Å². The number of aliphatic hydroxyl groups excluding tert-OH is 1. The lowest BCUT2D eigenvalue weighted by atomic mass is 9.91. The maximum absolute atomic E-state index is 13.6. The van der Waals surface area contributed by atoms with Gasteiger partial charge in [0.05, 0.1) is 35.7 Å². The van der Waals surface area contributed by atoms with Crippen LogP contribution in [0.1, 0.15) is 25.5 Å². The molecule has 0 spiro atoms. The van der Waals surface area contributed by atoms with Gasteiger partial charge in [0.2, 0.25) is 18.1 Å². The van der Waals surface area contributed by atoms with E-state index in [0.717, 1.165) is 0 Å². The van der Waals surface area contributed by atoms with Gasteiger partial charge in [0.25, 0.3) is 0 Å². The zero-order valence-electron chi connectivity index (χ0n) is 20.0. The first kappa shape index (κ1) is 25.4. The van der Waals surface area contributed by atoms with Crippen LogP contribution in [0.4, 0.5) is 10.3 Å². The number of imidazole rings is 1. The molecule has 0 saturated carbocycles. The van der Waals surface area contributed by atoms with Gasteiger partial charge in [-0.05, 0) is 43.7 Å². The van der Waals surface area contributed by atoms with E-state index in [1.165, 1.54) is 12.1 Å². The van der Waals surface area contributed by atoms with Crippen molar-refractivity contribution < 1.29 is 23.8 Å². The van der Waals surface area contributed by atoms with Gasteiger partial charge in [0, 0.05) is 31.5 Å². The summed E-state index contributed by atoms with van der Waals surface area (Å²) in [4.78, 5) is 29.2. The summed E-state index contributed by atoms with van der Waals surface area (Å²) in [6.45, 7) is 6.58. The molecule has 0 atom stereocenters. The molecule has 10 nitrogen and oxygen atoms in total. The van der Waals surface area contributed by atoms with E-state index in [1.54, 1.807) is 37.4 Å². The SMILES string of the molecule is C=CCNC(=O)C1(C)COC(c2nc(-c3ccc(F)cc3)c(-c3ccnc(NCCCO)n3)[nH]2)OC1. The molecule has 1 saturated heterocycles. The van der Waals surface area contributed by atoms with Crippen LogP contribution in [0.5, 0.6) is 0 Å². The highest BCUT2D eigenvalue weighted by Crippen LogP contribution is 2.35. The molecular formula is C25H29FN6O4. The van der Waals surface area contributed by atoms with Crippen LogP contribution in [-0.2, 0) is 14.3 Å². The molecule has 1 aromatic carbocycles. The van der Waals surface area contributed by atoms with Crippen molar-refractivity contribution in [2.24, 2.45) is 5.41 Å². The third kappa shape index (κ3) is 5.76. The van der Waals surface area contributed by atoms with Crippen molar-refractivity contribution in [3.8, 4) is 22.6 Å². The maximum atomic E-state index is 13.6. The maximum Gasteiger partial charge on any atom is 0.230 e. The molecule has 2 aromatic heterocycles. The van der Waals surface area contributed by atoms with Crippen LogP contribution in [0.2, 0.25) is 0 Å². The van der Waals surface area contributed by atoms with Crippen LogP contribution in [0, 0.1) is 11.2 Å². The predicted molar refractivity (Wildman–Crippen MR) is 131 cm³/mol. The fourth-order valence-corrected chi connectivity index (χ4v) is 3.64. The third-order valence-corrected chi connectivity index (χ3v) is 5.65. The fourth-order valence-electron chi connectivity index (χ4n) is 3.64. The first-order valence-corrected chi connectivity index (χ1v) is 11.6. The zero-order valence-corrected chi connectivity index (χ0v) is 20.0. The molecular weight excluding hydrogens is 467 g/mol. The van der Waals surface area contributed by atoms with Crippen molar-refractivity contribution in [3.05, 3.63) is 60.8 Å². The average molecular weight is 497 g/mol. The van der Waals surface area contributed by atoms with Crippen molar-refractivity contribution in [3.63, 3.8) is 0 Å². The van der Waals surface area contributed by atoms with E-state index >= 15 is 0 Å². The third-order valence-electron chi connectivity index (χ3n) is 5.65. The van der Waals surface area contributed by atoms with Crippen LogP contribution in [0.15, 0.2) is 49.2 Å². The highest BCUT2D eigenvalue weighted by Gasteiger charge is 2.40. The summed E-state index contributed by atoms with van der Waals surface area (Å²) in [7, 11) is 0. The van der Waals surface area contributed by atoms with Crippen LogP contribution < -0.4 is 10.6 Å². The van der Waals surface area contributed by atoms with Gasteiger partial charge >= 0.3 is 0 Å². The lowest BCUT2D eigenvalue weighted by Crippen LogP contribution is -2.48. The average Bonchev–Trinajstić information content (AvgIpc) is 3.34. The van der Waals surface area contributed by atoms with E-state index in [0.29, 0.717) is 53.9 Å². The second kappa shape index (κ2) is 11.4. The number of anilines is 1. The van der Waals surface area contributed by atoms with Crippen molar-refractivity contribution in [2.75, 3.05) is 38.2 Å². The van der Waals surface area contributed by atoms with Gasteiger partial charge in [-0.1, -0.05) is 6.08 Å². The van der Waals surface area contributed by atoms with E-state index in [-0.39, 0.29) is 31.5 Å². The number of H-pyrrole nitrogens is 1. The number of ether oxygens (including phenoxy) is 2. The van der Waals surface area contributed by atoms with Crippen molar-refractivity contribution in [2.45, 2.75) is 19.6 Å². The summed E-state index contributed by atoms with van der Waals surface area (Å²) in [6, 6.07) is 7.70. The van der Waals surface area contributed by atoms with E-state index in [2.05, 4.69) is 32.2 Å². The molecule has 1 fully saturated rings. The molecule has 1 aliphatic heterocycles. The second-order valence-electron chi connectivity index (χ2n) is 8.64. The highest BCUT2D eigenvalue weighted by molar-refractivity contribution is 5.82. The largest absolute Gasteiger partial charge is 0.396 e. The normalized spacial score (nSPS) is 19.6. The molecule has 190 valence electrons. The summed E-state index contributed by atoms with van der Waals surface area (Å²) < 4.78 is 25.4. The number of amides is 1. The van der Waals surface area contributed by atoms with Gasteiger partial charge in [0.15, 0.2) is 5.82 Å². The van der Waals surface area contributed by atoms with E-state index < -0.39 is 11.7 Å². The number of hydrogen-bond donors (Lipinski definition) is 4. The molecule has 1 aliphatic rings.